The highest BCUT2D eigenvalue weighted by Crippen LogP contribution is 2.22. The first-order chi connectivity index (χ1) is 10.6. The number of morpholine rings is 1. The van der Waals surface area contributed by atoms with Crippen LogP contribution < -0.4 is 10.2 Å². The molecular formula is C15H22N6O. The molecule has 0 amide bonds. The minimum absolute atomic E-state index is 0.140. The van der Waals surface area contributed by atoms with Gasteiger partial charge in [0.15, 0.2) is 0 Å². The van der Waals surface area contributed by atoms with Crippen LogP contribution in [0.1, 0.15) is 24.2 Å². The van der Waals surface area contributed by atoms with Crippen molar-refractivity contribution in [2.45, 2.75) is 19.9 Å². The van der Waals surface area contributed by atoms with Crippen LogP contribution in [-0.4, -0.2) is 46.1 Å². The Hall–Kier alpha value is -2.15. The fourth-order valence-corrected chi connectivity index (χ4v) is 2.73. The lowest BCUT2D eigenvalue weighted by molar-refractivity contribution is 0.122. The van der Waals surface area contributed by atoms with Gasteiger partial charge in [0, 0.05) is 38.0 Å². The monoisotopic (exact) mass is 302 g/mol. The number of nitrogens with zero attached hydrogens (tertiary/aromatic N) is 5. The fraction of sp³-hybridized carbons (Fsp3) is 0.533. The van der Waals surface area contributed by atoms with Gasteiger partial charge in [-0.25, -0.2) is 9.97 Å². The summed E-state index contributed by atoms with van der Waals surface area (Å²) in [6.45, 7) is 7.37. The van der Waals surface area contributed by atoms with Crippen molar-refractivity contribution in [3.05, 3.63) is 29.8 Å². The molecule has 3 rings (SSSR count). The number of hydrogen-bond acceptors (Lipinski definition) is 6. The van der Waals surface area contributed by atoms with Crippen molar-refractivity contribution in [1.82, 2.24) is 19.7 Å². The van der Waals surface area contributed by atoms with E-state index in [1.807, 2.05) is 30.9 Å². The van der Waals surface area contributed by atoms with Crippen molar-refractivity contribution < 1.29 is 4.74 Å². The lowest BCUT2D eigenvalue weighted by Crippen LogP contribution is -2.36. The van der Waals surface area contributed by atoms with Crippen LogP contribution in [0.2, 0.25) is 0 Å². The molecule has 0 bridgehead atoms. The topological polar surface area (TPSA) is 68.1 Å². The molecule has 2 aromatic heterocycles. The SMILES string of the molecule is Cc1nn(C)cc1C(C)Nc1cc(N2CCOCC2)ncn1. The number of nitrogens with one attached hydrogen (secondary N) is 1. The Kier molecular flexibility index (Phi) is 4.24. The first kappa shape index (κ1) is 14.8. The molecule has 22 heavy (non-hydrogen) atoms. The highest BCUT2D eigenvalue weighted by Gasteiger charge is 2.15. The van der Waals surface area contributed by atoms with E-state index in [1.165, 1.54) is 5.56 Å². The maximum atomic E-state index is 5.38. The molecule has 0 aliphatic carbocycles. The van der Waals surface area contributed by atoms with Gasteiger partial charge in [0.05, 0.1) is 24.9 Å². The Labute approximate surface area is 130 Å². The normalized spacial score (nSPS) is 16.6. The molecule has 0 spiro atoms. The zero-order chi connectivity index (χ0) is 15.5. The van der Waals surface area contributed by atoms with Crippen LogP contribution in [0.15, 0.2) is 18.6 Å². The lowest BCUT2D eigenvalue weighted by atomic mass is 10.1. The molecule has 0 saturated carbocycles. The smallest absolute Gasteiger partial charge is 0.134 e. The van der Waals surface area contributed by atoms with Gasteiger partial charge in [-0.1, -0.05) is 0 Å². The molecule has 0 radical (unpaired) electrons. The van der Waals surface area contributed by atoms with Crippen LogP contribution >= 0.6 is 0 Å². The van der Waals surface area contributed by atoms with E-state index in [-0.39, 0.29) is 6.04 Å². The fourth-order valence-electron chi connectivity index (χ4n) is 2.73. The summed E-state index contributed by atoms with van der Waals surface area (Å²) in [5, 5.41) is 7.82. The Bertz CT molecular complexity index is 635. The predicted molar refractivity (Wildman–Crippen MR) is 85.0 cm³/mol. The summed E-state index contributed by atoms with van der Waals surface area (Å²) in [7, 11) is 1.93. The second-order valence-corrected chi connectivity index (χ2v) is 5.57. The molecule has 1 aliphatic rings. The predicted octanol–water partition coefficient (Wildman–Crippen LogP) is 1.53. The molecule has 1 N–H and O–H groups in total. The highest BCUT2D eigenvalue weighted by atomic mass is 16.5. The van der Waals surface area contributed by atoms with Crippen LogP contribution in [0.5, 0.6) is 0 Å². The summed E-state index contributed by atoms with van der Waals surface area (Å²) in [5.74, 6) is 1.77. The number of ether oxygens (including phenoxy) is 1. The van der Waals surface area contributed by atoms with Gasteiger partial charge >= 0.3 is 0 Å². The molecule has 7 nitrogen and oxygen atoms in total. The third-order valence-electron chi connectivity index (χ3n) is 3.87. The zero-order valence-corrected chi connectivity index (χ0v) is 13.3. The van der Waals surface area contributed by atoms with Gasteiger partial charge in [0.25, 0.3) is 0 Å². The number of aryl methyl sites for hydroxylation is 2. The maximum absolute atomic E-state index is 5.38. The molecule has 1 unspecified atom stereocenters. The van der Waals surface area contributed by atoms with Gasteiger partial charge in [-0.15, -0.1) is 0 Å². The van der Waals surface area contributed by atoms with E-state index < -0.39 is 0 Å². The first-order valence-electron chi connectivity index (χ1n) is 7.55. The van der Waals surface area contributed by atoms with Crippen LogP contribution in [-0.2, 0) is 11.8 Å². The van der Waals surface area contributed by atoms with Gasteiger partial charge in [0.2, 0.25) is 0 Å². The third-order valence-corrected chi connectivity index (χ3v) is 3.87. The molecular weight excluding hydrogens is 280 g/mol. The molecule has 2 aromatic rings. The van der Waals surface area contributed by atoms with Crippen LogP contribution in [0.3, 0.4) is 0 Å². The summed E-state index contributed by atoms with van der Waals surface area (Å²) >= 11 is 0. The third kappa shape index (κ3) is 3.19. The molecule has 0 aromatic carbocycles. The molecule has 7 heteroatoms. The van der Waals surface area contributed by atoms with Gasteiger partial charge < -0.3 is 15.0 Å². The summed E-state index contributed by atoms with van der Waals surface area (Å²) in [4.78, 5) is 10.9. The highest BCUT2D eigenvalue weighted by molar-refractivity contribution is 5.49. The van der Waals surface area contributed by atoms with Crippen LogP contribution in [0.25, 0.3) is 0 Å². The van der Waals surface area contributed by atoms with Crippen LogP contribution in [0, 0.1) is 6.92 Å². The average Bonchev–Trinajstić information content (AvgIpc) is 2.87. The summed E-state index contributed by atoms with van der Waals surface area (Å²) < 4.78 is 7.21. The van der Waals surface area contributed by atoms with Gasteiger partial charge in [-0.3, -0.25) is 4.68 Å². The standard InChI is InChI=1S/C15H22N6O/c1-11(13-9-20(3)19-12(13)2)18-14-8-15(17-10-16-14)21-4-6-22-7-5-21/h8-11H,4-7H2,1-3H3,(H,16,17,18). The molecule has 1 fully saturated rings. The average molecular weight is 302 g/mol. The lowest BCUT2D eigenvalue weighted by Gasteiger charge is -2.28. The number of aromatic nitrogens is 4. The van der Waals surface area contributed by atoms with E-state index in [9.17, 15) is 0 Å². The first-order valence-corrected chi connectivity index (χ1v) is 7.55. The second-order valence-electron chi connectivity index (χ2n) is 5.57. The Morgan fingerprint density at radius 1 is 1.27 bits per heavy atom. The van der Waals surface area contributed by atoms with E-state index in [2.05, 4.69) is 32.2 Å². The number of rotatable bonds is 4. The van der Waals surface area contributed by atoms with Gasteiger partial charge in [-0.2, -0.15) is 5.10 Å². The van der Waals surface area contributed by atoms with Crippen molar-refractivity contribution in [2.75, 3.05) is 36.5 Å². The Morgan fingerprint density at radius 3 is 2.73 bits per heavy atom. The maximum Gasteiger partial charge on any atom is 0.134 e. The largest absolute Gasteiger partial charge is 0.378 e. The molecule has 1 aliphatic heterocycles. The van der Waals surface area contributed by atoms with Crippen molar-refractivity contribution >= 4 is 11.6 Å². The molecule has 118 valence electrons. The summed E-state index contributed by atoms with van der Waals surface area (Å²) in [5.41, 5.74) is 2.21. The van der Waals surface area contributed by atoms with Crippen molar-refractivity contribution in [3.8, 4) is 0 Å². The number of anilines is 2. The molecule has 3 heterocycles. The van der Waals surface area contributed by atoms with Crippen molar-refractivity contribution in [1.29, 1.82) is 0 Å². The molecule has 1 saturated heterocycles. The second kappa shape index (κ2) is 6.31. The quantitative estimate of drug-likeness (QED) is 0.924. The van der Waals surface area contributed by atoms with E-state index >= 15 is 0 Å². The Morgan fingerprint density at radius 2 is 2.05 bits per heavy atom. The van der Waals surface area contributed by atoms with Crippen molar-refractivity contribution in [3.63, 3.8) is 0 Å². The zero-order valence-electron chi connectivity index (χ0n) is 13.3. The van der Waals surface area contributed by atoms with Gasteiger partial charge in [0.1, 0.15) is 18.0 Å². The van der Waals surface area contributed by atoms with Gasteiger partial charge in [-0.05, 0) is 13.8 Å². The summed E-state index contributed by atoms with van der Waals surface area (Å²) in [6, 6.07) is 2.13. The Balaban J connectivity index is 1.73. The summed E-state index contributed by atoms with van der Waals surface area (Å²) in [6.07, 6.45) is 3.65. The van der Waals surface area contributed by atoms with E-state index in [0.717, 1.165) is 43.6 Å². The van der Waals surface area contributed by atoms with Crippen molar-refractivity contribution in [2.24, 2.45) is 7.05 Å². The van der Waals surface area contributed by atoms with E-state index in [0.29, 0.717) is 0 Å². The number of hydrogen-bond donors (Lipinski definition) is 1. The van der Waals surface area contributed by atoms with E-state index in [4.69, 9.17) is 4.74 Å². The van der Waals surface area contributed by atoms with Crippen LogP contribution in [0.4, 0.5) is 11.6 Å². The minimum Gasteiger partial charge on any atom is -0.378 e. The minimum atomic E-state index is 0.140. The van der Waals surface area contributed by atoms with E-state index in [1.54, 1.807) is 6.33 Å². The molecule has 1 atom stereocenters.